The summed E-state index contributed by atoms with van der Waals surface area (Å²) in [5.74, 6) is -1.22. The van der Waals surface area contributed by atoms with Gasteiger partial charge in [-0.2, -0.15) is 4.72 Å². The summed E-state index contributed by atoms with van der Waals surface area (Å²) >= 11 is 5.73. The Morgan fingerprint density at radius 3 is 2.71 bits per heavy atom. The van der Waals surface area contributed by atoms with Gasteiger partial charge in [0.25, 0.3) is 5.91 Å². The maximum atomic E-state index is 13.3. The second kappa shape index (κ2) is 7.20. The highest BCUT2D eigenvalue weighted by atomic mass is 35.5. The van der Waals surface area contributed by atoms with E-state index in [-0.39, 0.29) is 46.1 Å². The fourth-order valence-electron chi connectivity index (χ4n) is 3.12. The van der Waals surface area contributed by atoms with E-state index in [0.29, 0.717) is 13.1 Å². The molecule has 0 atom stereocenters. The minimum absolute atomic E-state index is 0. The van der Waals surface area contributed by atoms with E-state index in [2.05, 4.69) is 15.4 Å². The van der Waals surface area contributed by atoms with Gasteiger partial charge in [0.15, 0.2) is 11.4 Å². The van der Waals surface area contributed by atoms with Gasteiger partial charge in [0.2, 0.25) is 10.0 Å². The highest BCUT2D eigenvalue weighted by molar-refractivity contribution is 7.89. The number of nitrogens with one attached hydrogen (secondary N) is 3. The molecule has 3 N–H and O–H groups in total. The average molecular weight is 451 g/mol. The van der Waals surface area contributed by atoms with Gasteiger partial charge in [0, 0.05) is 32.0 Å². The number of sulfonamides is 1. The summed E-state index contributed by atoms with van der Waals surface area (Å²) < 4.78 is 48.5. The fraction of sp³-hybridized carbons (Fsp3) is 0.312. The lowest BCUT2D eigenvalue weighted by molar-refractivity contribution is 0.100. The lowest BCUT2D eigenvalue weighted by Gasteiger charge is -2.40. The van der Waals surface area contributed by atoms with Crippen LogP contribution in [0.2, 0.25) is 5.02 Å². The van der Waals surface area contributed by atoms with Crippen LogP contribution in [0.5, 0.6) is 5.75 Å². The third-order valence-electron chi connectivity index (χ3n) is 4.55. The average Bonchev–Trinajstić information content (AvgIpc) is 2.85. The van der Waals surface area contributed by atoms with Crippen LogP contribution in [-0.2, 0) is 17.1 Å². The number of aromatic nitrogens is 1. The topological polar surface area (TPSA) is 101 Å². The van der Waals surface area contributed by atoms with Crippen molar-refractivity contribution in [2.75, 3.05) is 25.0 Å². The standard InChI is InChI=1S/C16H16ClFN4O4S.ClH/c1-22-5-12-14(26-8-16(6-19-7-16)21-27(12,24)25)13(22)15(23)20-9-2-3-11(18)10(17)4-9;/h2-5,19,21H,6-8H2,1H3,(H,20,23);1H. The Morgan fingerprint density at radius 1 is 1.39 bits per heavy atom. The quantitative estimate of drug-likeness (QED) is 0.643. The largest absolute Gasteiger partial charge is 0.488 e. The summed E-state index contributed by atoms with van der Waals surface area (Å²) in [5.41, 5.74) is -0.405. The Bertz CT molecular complexity index is 1050. The van der Waals surface area contributed by atoms with Crippen molar-refractivity contribution in [1.29, 1.82) is 0 Å². The second-order valence-electron chi connectivity index (χ2n) is 6.64. The lowest BCUT2D eigenvalue weighted by Crippen LogP contribution is -2.71. The normalized spacial score (nSPS) is 18.8. The molecule has 2 aromatic rings. The molecule has 1 saturated heterocycles. The smallest absolute Gasteiger partial charge is 0.276 e. The van der Waals surface area contributed by atoms with Crippen LogP contribution in [0.3, 0.4) is 0 Å². The third kappa shape index (κ3) is 3.46. The van der Waals surface area contributed by atoms with Gasteiger partial charge in [-0.15, -0.1) is 12.4 Å². The predicted octanol–water partition coefficient (Wildman–Crippen LogP) is 1.50. The Balaban J connectivity index is 0.00000225. The summed E-state index contributed by atoms with van der Waals surface area (Å²) in [6, 6.07) is 3.75. The zero-order chi connectivity index (χ0) is 19.4. The molecular weight excluding hydrogens is 434 g/mol. The van der Waals surface area contributed by atoms with Gasteiger partial charge in [-0.25, -0.2) is 12.8 Å². The number of hydrogen-bond acceptors (Lipinski definition) is 5. The Hall–Kier alpha value is -1.85. The number of benzene rings is 1. The maximum absolute atomic E-state index is 13.3. The van der Waals surface area contributed by atoms with Crippen LogP contribution in [0.25, 0.3) is 0 Å². The van der Waals surface area contributed by atoms with E-state index in [0.717, 1.165) is 6.07 Å². The number of carbonyl (C=O) groups is 1. The number of amides is 1. The molecule has 1 aromatic carbocycles. The molecule has 0 unspecified atom stereocenters. The van der Waals surface area contributed by atoms with Crippen molar-refractivity contribution in [3.05, 3.63) is 40.9 Å². The number of carbonyl (C=O) groups excluding carboxylic acids is 1. The van der Waals surface area contributed by atoms with Crippen molar-refractivity contribution in [1.82, 2.24) is 14.6 Å². The summed E-state index contributed by atoms with van der Waals surface area (Å²) in [4.78, 5) is 12.7. The molecule has 28 heavy (non-hydrogen) atoms. The Labute approximate surface area is 171 Å². The monoisotopic (exact) mass is 450 g/mol. The van der Waals surface area contributed by atoms with Crippen LogP contribution < -0.4 is 20.1 Å². The van der Waals surface area contributed by atoms with Crippen molar-refractivity contribution in [3.63, 3.8) is 0 Å². The van der Waals surface area contributed by atoms with Crippen LogP contribution in [0.4, 0.5) is 10.1 Å². The van der Waals surface area contributed by atoms with Crippen molar-refractivity contribution in [3.8, 4) is 5.75 Å². The molecule has 0 radical (unpaired) electrons. The van der Waals surface area contributed by atoms with Crippen molar-refractivity contribution in [2.24, 2.45) is 7.05 Å². The van der Waals surface area contributed by atoms with Gasteiger partial charge in [-0.3, -0.25) is 4.79 Å². The van der Waals surface area contributed by atoms with Crippen LogP contribution in [0.15, 0.2) is 29.3 Å². The molecule has 0 saturated carbocycles. The van der Waals surface area contributed by atoms with Crippen molar-refractivity contribution in [2.45, 2.75) is 10.4 Å². The highest BCUT2D eigenvalue weighted by Crippen LogP contribution is 2.35. The highest BCUT2D eigenvalue weighted by Gasteiger charge is 2.46. The molecule has 1 fully saturated rings. The summed E-state index contributed by atoms with van der Waals surface area (Å²) in [5, 5.41) is 5.46. The van der Waals surface area contributed by atoms with E-state index < -0.39 is 27.3 Å². The van der Waals surface area contributed by atoms with Gasteiger partial charge in [-0.1, -0.05) is 11.6 Å². The molecule has 0 bridgehead atoms. The van der Waals surface area contributed by atoms with Crippen LogP contribution in [-0.4, -0.2) is 44.1 Å². The molecule has 8 nitrogen and oxygen atoms in total. The Morgan fingerprint density at radius 2 is 2.11 bits per heavy atom. The minimum atomic E-state index is -3.85. The number of fused-ring (bicyclic) bond motifs is 1. The molecule has 3 heterocycles. The first-order valence-corrected chi connectivity index (χ1v) is 9.90. The molecule has 1 amide bonds. The molecule has 1 aromatic heterocycles. The molecule has 152 valence electrons. The molecule has 12 heteroatoms. The molecule has 1 spiro atoms. The first-order valence-electron chi connectivity index (χ1n) is 8.04. The van der Waals surface area contributed by atoms with Crippen LogP contribution in [0.1, 0.15) is 10.5 Å². The molecule has 2 aliphatic rings. The van der Waals surface area contributed by atoms with Gasteiger partial charge in [0.05, 0.1) is 10.6 Å². The number of rotatable bonds is 2. The van der Waals surface area contributed by atoms with E-state index in [1.165, 1.54) is 22.9 Å². The van der Waals surface area contributed by atoms with E-state index in [9.17, 15) is 17.6 Å². The molecule has 4 rings (SSSR count). The lowest BCUT2D eigenvalue weighted by atomic mass is 9.95. The minimum Gasteiger partial charge on any atom is -0.488 e. The zero-order valence-electron chi connectivity index (χ0n) is 14.6. The number of aryl methyl sites for hydroxylation is 1. The van der Waals surface area contributed by atoms with E-state index >= 15 is 0 Å². The number of hydrogen-bond donors (Lipinski definition) is 3. The third-order valence-corrected chi connectivity index (χ3v) is 6.42. The Kier molecular flexibility index (Phi) is 5.36. The first kappa shape index (κ1) is 20.9. The van der Waals surface area contributed by atoms with Gasteiger partial charge >= 0.3 is 0 Å². The van der Waals surface area contributed by atoms with Crippen LogP contribution >= 0.6 is 24.0 Å². The van der Waals surface area contributed by atoms with Crippen molar-refractivity contribution >= 4 is 45.6 Å². The van der Waals surface area contributed by atoms with Gasteiger partial charge < -0.3 is 19.9 Å². The predicted molar refractivity (Wildman–Crippen MR) is 103 cm³/mol. The SMILES string of the molecule is Cl.Cn1cc2c(c1C(=O)Nc1ccc(F)c(Cl)c1)OCC1(CNC1)NS2(=O)=O. The first-order chi connectivity index (χ1) is 12.7. The number of nitrogens with zero attached hydrogens (tertiary/aromatic N) is 1. The number of ether oxygens (including phenoxy) is 1. The summed E-state index contributed by atoms with van der Waals surface area (Å²) in [6.45, 7) is 0.982. The van der Waals surface area contributed by atoms with Crippen molar-refractivity contribution < 1.29 is 22.3 Å². The van der Waals surface area contributed by atoms with Gasteiger partial charge in [0.1, 0.15) is 17.3 Å². The molecule has 0 aliphatic carbocycles. The molecule has 2 aliphatic heterocycles. The number of anilines is 1. The fourth-order valence-corrected chi connectivity index (χ4v) is 4.88. The van der Waals surface area contributed by atoms with E-state index in [1.54, 1.807) is 7.05 Å². The number of halogens is 3. The molecular formula is C16H17Cl2FN4O4S. The maximum Gasteiger partial charge on any atom is 0.276 e. The summed E-state index contributed by atoms with van der Waals surface area (Å²) in [6.07, 6.45) is 1.33. The zero-order valence-corrected chi connectivity index (χ0v) is 17.0. The van der Waals surface area contributed by atoms with E-state index in [1.807, 2.05) is 0 Å². The van der Waals surface area contributed by atoms with E-state index in [4.69, 9.17) is 16.3 Å². The summed E-state index contributed by atoms with van der Waals surface area (Å²) in [7, 11) is -2.31. The van der Waals surface area contributed by atoms with Gasteiger partial charge in [-0.05, 0) is 18.2 Å². The second-order valence-corrected chi connectivity index (χ2v) is 8.70. The van der Waals surface area contributed by atoms with Crippen LogP contribution in [0, 0.1) is 5.82 Å².